The van der Waals surface area contributed by atoms with Gasteiger partial charge >= 0.3 is 0 Å². The molecule has 4 aromatic carbocycles. The number of hydrogen-bond donors (Lipinski definition) is 0. The van der Waals surface area contributed by atoms with Gasteiger partial charge in [0.05, 0.1) is 21.2 Å². The minimum absolute atomic E-state index is 0.0965. The quantitative estimate of drug-likeness (QED) is 0.318. The second-order valence-electron chi connectivity index (χ2n) is 9.50. The van der Waals surface area contributed by atoms with Gasteiger partial charge in [0.15, 0.2) is 0 Å². The first-order valence-corrected chi connectivity index (χ1v) is 15.3. The number of allylic oxidation sites excluding steroid dienone is 2. The lowest BCUT2D eigenvalue weighted by Crippen LogP contribution is -2.17. The third-order valence-corrected chi connectivity index (χ3v) is 9.94. The fourth-order valence-corrected chi connectivity index (χ4v) is 7.75. The van der Waals surface area contributed by atoms with Crippen LogP contribution in [0.15, 0.2) is 152 Å². The molecular formula is C31H24N2O4S2. The summed E-state index contributed by atoms with van der Waals surface area (Å²) in [6, 6.07) is 35.6. The van der Waals surface area contributed by atoms with Crippen molar-refractivity contribution in [3.05, 3.63) is 145 Å². The van der Waals surface area contributed by atoms with Crippen LogP contribution in [0.5, 0.6) is 0 Å². The molecule has 0 amide bonds. The van der Waals surface area contributed by atoms with Crippen LogP contribution in [0.2, 0.25) is 0 Å². The molecule has 0 N–H and O–H groups in total. The molecule has 0 heterocycles. The molecular weight excluding hydrogens is 528 g/mol. The Balaban J connectivity index is 1.57. The molecule has 39 heavy (non-hydrogen) atoms. The molecule has 1 fully saturated rings. The van der Waals surface area contributed by atoms with E-state index in [4.69, 9.17) is 0 Å². The molecule has 6 rings (SSSR count). The third-order valence-electron chi connectivity index (χ3n) is 7.30. The highest BCUT2D eigenvalue weighted by atomic mass is 32.2. The smallest absolute Gasteiger partial charge is 0.199 e. The van der Waals surface area contributed by atoms with Gasteiger partial charge in [-0.1, -0.05) is 97.1 Å². The Kier molecular flexibility index (Phi) is 6.16. The maximum Gasteiger partial charge on any atom is 0.282 e. The molecule has 0 radical (unpaired) electrons. The van der Waals surface area contributed by atoms with Crippen molar-refractivity contribution in [1.82, 2.24) is 0 Å². The van der Waals surface area contributed by atoms with E-state index >= 15 is 0 Å². The van der Waals surface area contributed by atoms with E-state index < -0.39 is 37.3 Å². The predicted molar refractivity (Wildman–Crippen MR) is 152 cm³/mol. The first-order chi connectivity index (χ1) is 18.8. The molecule has 2 atom stereocenters. The Hall–Kier alpha value is -4.14. The zero-order valence-electron chi connectivity index (χ0n) is 20.7. The van der Waals surface area contributed by atoms with E-state index in [0.29, 0.717) is 11.4 Å². The summed E-state index contributed by atoms with van der Waals surface area (Å²) in [5.74, 6) is -0.869. The summed E-state index contributed by atoms with van der Waals surface area (Å²) in [6.07, 6.45) is 3.18. The van der Waals surface area contributed by atoms with Crippen LogP contribution in [0, 0.1) is 11.8 Å². The van der Waals surface area contributed by atoms with Gasteiger partial charge in [0, 0.05) is 17.3 Å². The van der Waals surface area contributed by atoms with Crippen LogP contribution in [0.4, 0.5) is 0 Å². The van der Waals surface area contributed by atoms with Crippen molar-refractivity contribution in [2.45, 2.75) is 15.2 Å². The summed E-state index contributed by atoms with van der Waals surface area (Å²) in [6.45, 7) is 0. The maximum absolute atomic E-state index is 13.3. The number of fused-ring (bicyclic) bond motifs is 1. The lowest BCUT2D eigenvalue weighted by atomic mass is 9.83. The van der Waals surface area contributed by atoms with Gasteiger partial charge in [-0.15, -0.1) is 0 Å². The molecule has 2 aliphatic rings. The van der Waals surface area contributed by atoms with Crippen LogP contribution >= 0.6 is 0 Å². The zero-order chi connectivity index (χ0) is 27.1. The molecule has 0 unspecified atom stereocenters. The molecule has 0 spiro atoms. The minimum Gasteiger partial charge on any atom is -0.199 e. The molecule has 1 saturated carbocycles. The number of benzene rings is 4. The normalized spacial score (nSPS) is 21.9. The molecule has 4 aromatic rings. The van der Waals surface area contributed by atoms with Crippen LogP contribution in [-0.4, -0.2) is 28.3 Å². The lowest BCUT2D eigenvalue weighted by Gasteiger charge is -2.20. The highest BCUT2D eigenvalue weighted by molar-refractivity contribution is 7.90. The van der Waals surface area contributed by atoms with E-state index in [2.05, 4.69) is 8.80 Å². The fraction of sp³-hybridized carbons (Fsp3) is 0.0968. The number of hydrogen-bond acceptors (Lipinski definition) is 4. The van der Waals surface area contributed by atoms with Crippen LogP contribution in [0.25, 0.3) is 0 Å². The van der Waals surface area contributed by atoms with Crippen molar-refractivity contribution in [2.24, 2.45) is 20.6 Å². The third kappa shape index (κ3) is 4.35. The maximum atomic E-state index is 13.3. The van der Waals surface area contributed by atoms with Crippen molar-refractivity contribution in [1.29, 1.82) is 0 Å². The van der Waals surface area contributed by atoms with Gasteiger partial charge in [-0.25, -0.2) is 0 Å². The minimum atomic E-state index is -4.00. The summed E-state index contributed by atoms with van der Waals surface area (Å²) in [5, 5.41) is 0. The summed E-state index contributed by atoms with van der Waals surface area (Å²) >= 11 is 0. The lowest BCUT2D eigenvalue weighted by molar-refractivity contribution is 0.596. The van der Waals surface area contributed by atoms with Gasteiger partial charge in [-0.05, 0) is 47.5 Å². The Morgan fingerprint density at radius 2 is 0.769 bits per heavy atom. The molecule has 0 aliphatic heterocycles. The highest BCUT2D eigenvalue weighted by Gasteiger charge is 2.70. The van der Waals surface area contributed by atoms with E-state index in [1.807, 2.05) is 60.7 Å². The van der Waals surface area contributed by atoms with Crippen LogP contribution in [0.1, 0.15) is 11.1 Å². The summed E-state index contributed by atoms with van der Waals surface area (Å²) in [4.78, 5) is 0.193. The van der Waals surface area contributed by atoms with E-state index in [0.717, 1.165) is 11.1 Å². The summed E-state index contributed by atoms with van der Waals surface area (Å²) in [7, 11) is -8.00. The van der Waals surface area contributed by atoms with Gasteiger partial charge in [0.1, 0.15) is 0 Å². The van der Waals surface area contributed by atoms with Crippen LogP contribution in [-0.2, 0) is 25.5 Å². The average molecular weight is 553 g/mol. The van der Waals surface area contributed by atoms with Crippen molar-refractivity contribution in [3.63, 3.8) is 0 Å². The molecule has 0 bridgehead atoms. The van der Waals surface area contributed by atoms with Crippen LogP contribution in [0.3, 0.4) is 0 Å². The number of nitrogens with zero attached hydrogens (tertiary/aromatic N) is 2. The molecule has 6 nitrogen and oxygen atoms in total. The summed E-state index contributed by atoms with van der Waals surface area (Å²) in [5.41, 5.74) is 1.86. The molecule has 0 saturated heterocycles. The molecule has 0 aromatic heterocycles. The van der Waals surface area contributed by atoms with Crippen molar-refractivity contribution < 1.29 is 16.8 Å². The highest BCUT2D eigenvalue weighted by Crippen LogP contribution is 2.66. The Morgan fingerprint density at radius 3 is 1.10 bits per heavy atom. The fourth-order valence-electron chi connectivity index (χ4n) is 5.63. The van der Waals surface area contributed by atoms with Crippen molar-refractivity contribution in [2.75, 3.05) is 0 Å². The van der Waals surface area contributed by atoms with E-state index in [-0.39, 0.29) is 9.79 Å². The van der Waals surface area contributed by atoms with Crippen molar-refractivity contribution in [3.8, 4) is 0 Å². The number of rotatable bonds is 6. The van der Waals surface area contributed by atoms with Crippen molar-refractivity contribution >= 4 is 31.5 Å². The van der Waals surface area contributed by atoms with E-state index in [1.165, 1.54) is 24.3 Å². The van der Waals surface area contributed by atoms with Gasteiger partial charge in [0.25, 0.3) is 20.0 Å². The van der Waals surface area contributed by atoms with Crippen LogP contribution < -0.4 is 0 Å². The molecule has 2 aliphatic carbocycles. The first-order valence-electron chi connectivity index (χ1n) is 12.4. The van der Waals surface area contributed by atoms with Gasteiger partial charge in [-0.2, -0.15) is 25.6 Å². The largest absolute Gasteiger partial charge is 0.282 e. The Bertz CT molecular complexity index is 1680. The van der Waals surface area contributed by atoms with E-state index in [1.54, 1.807) is 48.6 Å². The zero-order valence-corrected chi connectivity index (χ0v) is 22.3. The number of sulfonamides is 2. The Morgan fingerprint density at radius 1 is 0.462 bits per heavy atom. The molecule has 8 heteroatoms. The topological polar surface area (TPSA) is 93.0 Å². The standard InChI is InChI=1S/C31H24N2O4S2/c34-38(35,25-17-9-3-10-18-25)32-27-21-22-28(33-39(36,37)26-19-11-4-12-20-26)30-29(27)31(30,23-13-5-1-6-14-23)24-15-7-2-8-16-24/h1-22,29-30H/b32-27-,33-28-/t29-,30+. The second kappa shape index (κ2) is 9.55. The van der Waals surface area contributed by atoms with E-state index in [9.17, 15) is 16.8 Å². The van der Waals surface area contributed by atoms with Gasteiger partial charge in [0.2, 0.25) is 0 Å². The Labute approximate surface area is 228 Å². The predicted octanol–water partition coefficient (Wildman–Crippen LogP) is 5.45. The van der Waals surface area contributed by atoms with Gasteiger partial charge in [-0.3, -0.25) is 0 Å². The monoisotopic (exact) mass is 552 g/mol. The van der Waals surface area contributed by atoms with Gasteiger partial charge < -0.3 is 0 Å². The first kappa shape index (κ1) is 25.2. The summed E-state index contributed by atoms with van der Waals surface area (Å²) < 4.78 is 61.8. The molecule has 194 valence electrons. The second-order valence-corrected chi connectivity index (χ2v) is 12.7. The SMILES string of the molecule is O=S(=O)(/N=C1C=C/C(=N/S(=O)(=O)c2ccccc2)[C@H]2[C@@H]/1C2(c1ccccc1)c1ccccc1)c1ccccc1. The average Bonchev–Trinajstić information content (AvgIpc) is 3.68.